The molecule has 0 aliphatic carbocycles. The molecule has 0 spiro atoms. The summed E-state index contributed by atoms with van der Waals surface area (Å²) in [6, 6.07) is 0. The smallest absolute Gasteiger partial charge is 0.165 e. The predicted octanol–water partition coefficient (Wildman–Crippen LogP) is 3.57. The fraction of sp³-hybridized carbons (Fsp3) is 0.727. The quantitative estimate of drug-likeness (QED) is 0.587. The Balaban J connectivity index is 2.61. The number of nitrogens with zero attached hydrogens (tertiary/aromatic N) is 2. The molecule has 1 heterocycles. The minimum Gasteiger partial charge on any atom is -0.318 e. The molecule has 1 unspecified atom stereocenters. The van der Waals surface area contributed by atoms with Gasteiger partial charge in [0.1, 0.15) is 6.17 Å². The van der Waals surface area contributed by atoms with Gasteiger partial charge in [0.05, 0.1) is 12.2 Å². The first-order valence-corrected chi connectivity index (χ1v) is 7.05. The van der Waals surface area contributed by atoms with Crippen LogP contribution in [0.5, 0.6) is 0 Å². The van der Waals surface area contributed by atoms with Crippen molar-refractivity contribution in [3.63, 3.8) is 0 Å². The average molecular weight is 299 g/mol. The highest BCUT2D eigenvalue weighted by Crippen LogP contribution is 2.33. The second-order valence-corrected chi connectivity index (χ2v) is 5.78. The minimum atomic E-state index is -1.05. The summed E-state index contributed by atoms with van der Waals surface area (Å²) in [6.07, 6.45) is 8.39. The molecular weight excluding hydrogens is 281 g/mol. The van der Waals surface area contributed by atoms with Crippen LogP contribution in [0.1, 0.15) is 32.4 Å². The predicted molar refractivity (Wildman–Crippen MR) is 73.9 cm³/mol. The zero-order chi connectivity index (χ0) is 12.7. The van der Waals surface area contributed by atoms with Crippen molar-refractivity contribution in [2.75, 3.05) is 12.4 Å². The lowest BCUT2D eigenvalue weighted by Crippen LogP contribution is -2.41. The van der Waals surface area contributed by atoms with Crippen molar-refractivity contribution in [2.45, 2.75) is 36.7 Å². The SMILES string of the molecule is CCCCCNC(n1ccnc1)C(Cl)(Cl)CCl. The fourth-order valence-corrected chi connectivity index (χ4v) is 2.11. The molecule has 1 aromatic rings. The van der Waals surface area contributed by atoms with Crippen molar-refractivity contribution in [3.8, 4) is 0 Å². The molecule has 6 heteroatoms. The Hall–Kier alpha value is 0.0400. The molecule has 1 aromatic heterocycles. The third-order valence-corrected chi connectivity index (χ3v) is 3.90. The van der Waals surface area contributed by atoms with Crippen LogP contribution in [0.4, 0.5) is 0 Å². The number of alkyl halides is 3. The molecule has 0 fully saturated rings. The van der Waals surface area contributed by atoms with E-state index in [9.17, 15) is 0 Å². The number of nitrogens with one attached hydrogen (secondary N) is 1. The molecule has 17 heavy (non-hydrogen) atoms. The number of hydrogen-bond acceptors (Lipinski definition) is 2. The Kier molecular flexibility index (Phi) is 6.63. The van der Waals surface area contributed by atoms with Crippen molar-refractivity contribution in [1.29, 1.82) is 0 Å². The maximum atomic E-state index is 6.21. The second kappa shape index (κ2) is 7.47. The number of unbranched alkanes of at least 4 members (excludes halogenated alkanes) is 2. The van der Waals surface area contributed by atoms with Gasteiger partial charge in [-0.3, -0.25) is 5.32 Å². The van der Waals surface area contributed by atoms with E-state index in [2.05, 4.69) is 17.2 Å². The largest absolute Gasteiger partial charge is 0.318 e. The van der Waals surface area contributed by atoms with Crippen LogP contribution in [0.3, 0.4) is 0 Å². The van der Waals surface area contributed by atoms with Gasteiger partial charge in [-0.25, -0.2) is 4.98 Å². The number of halogens is 3. The monoisotopic (exact) mass is 297 g/mol. The Bertz CT molecular complexity index is 301. The van der Waals surface area contributed by atoms with Crippen molar-refractivity contribution < 1.29 is 0 Å². The van der Waals surface area contributed by atoms with Crippen LogP contribution < -0.4 is 5.32 Å². The third-order valence-electron chi connectivity index (χ3n) is 2.52. The van der Waals surface area contributed by atoms with E-state index in [-0.39, 0.29) is 12.0 Å². The highest BCUT2D eigenvalue weighted by atomic mass is 35.5. The molecule has 0 radical (unpaired) electrons. The number of hydrogen-bond donors (Lipinski definition) is 1. The average Bonchev–Trinajstić information content (AvgIpc) is 2.82. The number of rotatable bonds is 8. The maximum absolute atomic E-state index is 6.21. The molecular formula is C11H18Cl3N3. The molecule has 98 valence electrons. The van der Waals surface area contributed by atoms with E-state index in [1.54, 1.807) is 12.5 Å². The summed E-state index contributed by atoms with van der Waals surface area (Å²) >= 11 is 18.2. The van der Waals surface area contributed by atoms with E-state index >= 15 is 0 Å². The second-order valence-electron chi connectivity index (χ2n) is 3.97. The Labute approximate surface area is 117 Å². The van der Waals surface area contributed by atoms with Crippen LogP contribution in [0, 0.1) is 0 Å². The summed E-state index contributed by atoms with van der Waals surface area (Å²) in [5, 5.41) is 3.32. The highest BCUT2D eigenvalue weighted by Gasteiger charge is 2.34. The van der Waals surface area contributed by atoms with Gasteiger partial charge in [-0.2, -0.15) is 0 Å². The number of aromatic nitrogens is 2. The lowest BCUT2D eigenvalue weighted by atomic mass is 10.2. The third kappa shape index (κ3) is 4.66. The molecule has 0 saturated carbocycles. The van der Waals surface area contributed by atoms with Gasteiger partial charge in [-0.1, -0.05) is 43.0 Å². The van der Waals surface area contributed by atoms with Gasteiger partial charge in [0, 0.05) is 12.4 Å². The molecule has 0 amide bonds. The van der Waals surface area contributed by atoms with Gasteiger partial charge in [-0.05, 0) is 13.0 Å². The first-order chi connectivity index (χ1) is 8.11. The molecule has 0 aliphatic rings. The number of imidazole rings is 1. The topological polar surface area (TPSA) is 29.9 Å². The minimum absolute atomic E-state index is 0.153. The van der Waals surface area contributed by atoms with Crippen molar-refractivity contribution in [2.24, 2.45) is 0 Å². The molecule has 1 rings (SSSR count). The van der Waals surface area contributed by atoms with E-state index in [0.717, 1.165) is 13.0 Å². The van der Waals surface area contributed by atoms with Crippen LogP contribution in [0.2, 0.25) is 0 Å². The molecule has 0 aromatic carbocycles. The van der Waals surface area contributed by atoms with Gasteiger partial charge in [0.2, 0.25) is 0 Å². The Morgan fingerprint density at radius 3 is 2.71 bits per heavy atom. The van der Waals surface area contributed by atoms with Gasteiger partial charge < -0.3 is 4.57 Å². The summed E-state index contributed by atoms with van der Waals surface area (Å²) in [7, 11) is 0. The standard InChI is InChI=1S/C11H18Cl3N3/c1-2-3-4-5-16-10(11(13,14)8-12)17-7-6-15-9-17/h6-7,9-10,16H,2-5,8H2,1H3. The van der Waals surface area contributed by atoms with Crippen molar-refractivity contribution in [1.82, 2.24) is 14.9 Å². The molecule has 3 nitrogen and oxygen atoms in total. The summed E-state index contributed by atoms with van der Waals surface area (Å²) in [5.41, 5.74) is 0. The summed E-state index contributed by atoms with van der Waals surface area (Å²) in [6.45, 7) is 3.02. The lowest BCUT2D eigenvalue weighted by molar-refractivity contribution is 0.371. The van der Waals surface area contributed by atoms with E-state index < -0.39 is 4.33 Å². The van der Waals surface area contributed by atoms with Gasteiger partial charge in [0.15, 0.2) is 4.33 Å². The van der Waals surface area contributed by atoms with E-state index in [4.69, 9.17) is 34.8 Å². The first kappa shape index (κ1) is 15.1. The molecule has 1 N–H and O–H groups in total. The summed E-state index contributed by atoms with van der Waals surface area (Å²) < 4.78 is 0.794. The Morgan fingerprint density at radius 1 is 1.41 bits per heavy atom. The van der Waals surface area contributed by atoms with Crippen molar-refractivity contribution in [3.05, 3.63) is 18.7 Å². The van der Waals surface area contributed by atoms with Crippen LogP contribution in [0.15, 0.2) is 18.7 Å². The van der Waals surface area contributed by atoms with Gasteiger partial charge in [-0.15, -0.1) is 11.6 Å². The first-order valence-electron chi connectivity index (χ1n) is 5.76. The van der Waals surface area contributed by atoms with Crippen LogP contribution in [-0.2, 0) is 0 Å². The van der Waals surface area contributed by atoms with Crippen LogP contribution in [0.25, 0.3) is 0 Å². The van der Waals surface area contributed by atoms with Gasteiger partial charge in [0.25, 0.3) is 0 Å². The highest BCUT2D eigenvalue weighted by molar-refractivity contribution is 6.51. The normalized spacial score (nSPS) is 13.9. The fourth-order valence-electron chi connectivity index (χ4n) is 1.58. The molecule has 0 bridgehead atoms. The van der Waals surface area contributed by atoms with E-state index in [1.165, 1.54) is 12.8 Å². The molecule has 0 aliphatic heterocycles. The molecule has 1 atom stereocenters. The summed E-state index contributed by atoms with van der Waals surface area (Å²) in [4.78, 5) is 4.00. The lowest BCUT2D eigenvalue weighted by Gasteiger charge is -2.30. The van der Waals surface area contributed by atoms with Gasteiger partial charge >= 0.3 is 0 Å². The van der Waals surface area contributed by atoms with E-state index in [1.807, 2.05) is 10.8 Å². The zero-order valence-electron chi connectivity index (χ0n) is 9.87. The zero-order valence-corrected chi connectivity index (χ0v) is 12.1. The van der Waals surface area contributed by atoms with E-state index in [0.29, 0.717) is 0 Å². The van der Waals surface area contributed by atoms with Crippen LogP contribution in [-0.4, -0.2) is 26.3 Å². The molecule has 0 saturated heterocycles. The summed E-state index contributed by atoms with van der Waals surface area (Å²) in [5.74, 6) is 0.153. The van der Waals surface area contributed by atoms with Crippen LogP contribution >= 0.6 is 34.8 Å². The Morgan fingerprint density at radius 2 is 2.18 bits per heavy atom. The van der Waals surface area contributed by atoms with Crippen molar-refractivity contribution >= 4 is 34.8 Å². The maximum Gasteiger partial charge on any atom is 0.165 e.